The number of carbonyl (C=O) groups is 1. The molecule has 0 amide bonds. The summed E-state index contributed by atoms with van der Waals surface area (Å²) in [5.74, 6) is -2.75. The van der Waals surface area contributed by atoms with Crippen LogP contribution in [0.2, 0.25) is 0 Å². The predicted molar refractivity (Wildman–Crippen MR) is 114 cm³/mol. The van der Waals surface area contributed by atoms with E-state index < -0.39 is 58.7 Å². The SMILES string of the molecule is O=C([O-])c1cc2ccccc2c(N=Nc2cc3ccc(S(=O)(=O)[O-])cc3cc2S(=O)(=O)O)c1[O-]. The van der Waals surface area contributed by atoms with Gasteiger partial charge in [-0.3, -0.25) is 4.55 Å². The van der Waals surface area contributed by atoms with Gasteiger partial charge in [-0.2, -0.15) is 13.5 Å². The maximum Gasteiger partial charge on any atom is 0.296 e. The van der Waals surface area contributed by atoms with Crippen molar-refractivity contribution in [3.8, 4) is 5.75 Å². The molecule has 11 nitrogen and oxygen atoms in total. The number of carboxylic acids is 1. The summed E-state index contributed by atoms with van der Waals surface area (Å²) < 4.78 is 67.3. The van der Waals surface area contributed by atoms with Crippen molar-refractivity contribution in [2.75, 3.05) is 0 Å². The van der Waals surface area contributed by atoms with E-state index in [1.165, 1.54) is 18.2 Å². The molecule has 1 N–H and O–H groups in total. The van der Waals surface area contributed by atoms with Crippen molar-refractivity contribution in [3.63, 3.8) is 0 Å². The van der Waals surface area contributed by atoms with Crippen molar-refractivity contribution < 1.29 is 40.9 Å². The van der Waals surface area contributed by atoms with Crippen LogP contribution in [0.5, 0.6) is 5.75 Å². The van der Waals surface area contributed by atoms with Gasteiger partial charge in [-0.15, -0.1) is 5.11 Å². The van der Waals surface area contributed by atoms with Crippen LogP contribution in [0.25, 0.3) is 21.5 Å². The van der Waals surface area contributed by atoms with Crippen LogP contribution >= 0.6 is 0 Å². The van der Waals surface area contributed by atoms with Crippen LogP contribution in [-0.4, -0.2) is 31.9 Å². The first-order chi connectivity index (χ1) is 15.9. The lowest BCUT2D eigenvalue weighted by molar-refractivity contribution is -0.275. The standard InChI is InChI=1S/C21H14N2O9S2/c24-20-16(21(25)26)8-12-3-1-2-4-15(12)19(20)23-22-17-9-11-5-6-14(33(27,28)29)7-13(11)10-18(17)34(30,31)32/h1-10,24H,(H,25,26)(H,27,28,29)(H,30,31,32)/p-3. The molecule has 0 bridgehead atoms. The highest BCUT2D eigenvalue weighted by Gasteiger charge is 2.18. The van der Waals surface area contributed by atoms with Gasteiger partial charge in [0.05, 0.1) is 16.6 Å². The van der Waals surface area contributed by atoms with E-state index in [1.54, 1.807) is 12.1 Å². The van der Waals surface area contributed by atoms with Crippen LogP contribution in [0.15, 0.2) is 80.7 Å². The van der Waals surface area contributed by atoms with E-state index >= 15 is 0 Å². The van der Waals surface area contributed by atoms with E-state index in [0.29, 0.717) is 5.39 Å². The van der Waals surface area contributed by atoms with Gasteiger partial charge in [0, 0.05) is 5.39 Å². The second-order valence-corrected chi connectivity index (χ2v) is 9.84. The van der Waals surface area contributed by atoms with Crippen LogP contribution in [0.1, 0.15) is 10.4 Å². The zero-order valence-electron chi connectivity index (χ0n) is 16.7. The first kappa shape index (κ1) is 23.3. The van der Waals surface area contributed by atoms with E-state index in [4.69, 9.17) is 0 Å². The van der Waals surface area contributed by atoms with Gasteiger partial charge >= 0.3 is 0 Å². The average molecular weight is 499 g/mol. The number of carbonyl (C=O) groups excluding carboxylic acids is 1. The summed E-state index contributed by atoms with van der Waals surface area (Å²) in [5, 5.41) is 32.4. The fourth-order valence-electron chi connectivity index (χ4n) is 3.35. The molecule has 0 unspecified atom stereocenters. The van der Waals surface area contributed by atoms with Crippen LogP contribution in [0.4, 0.5) is 11.4 Å². The van der Waals surface area contributed by atoms with Crippen molar-refractivity contribution in [2.45, 2.75) is 9.79 Å². The molecule has 0 radical (unpaired) electrons. The molecule has 0 aromatic heterocycles. The maximum atomic E-state index is 12.6. The van der Waals surface area contributed by atoms with Gasteiger partial charge < -0.3 is 19.6 Å². The summed E-state index contributed by atoms with van der Waals surface area (Å²) in [6.45, 7) is 0. The molecule has 0 spiro atoms. The lowest BCUT2D eigenvalue weighted by Gasteiger charge is -2.19. The summed E-state index contributed by atoms with van der Waals surface area (Å²) in [6, 6.07) is 12.5. The van der Waals surface area contributed by atoms with E-state index in [2.05, 4.69) is 10.2 Å². The molecule has 0 aliphatic carbocycles. The van der Waals surface area contributed by atoms with Gasteiger partial charge in [0.25, 0.3) is 10.1 Å². The number of carboxylic acid groups (broad SMARTS) is 1. The molecule has 0 fully saturated rings. The summed E-state index contributed by atoms with van der Waals surface area (Å²) in [7, 11) is -9.74. The molecule has 0 saturated carbocycles. The van der Waals surface area contributed by atoms with Gasteiger partial charge in [0.2, 0.25) is 0 Å². The quantitative estimate of drug-likeness (QED) is 0.315. The smallest absolute Gasteiger partial charge is 0.296 e. The first-order valence-corrected chi connectivity index (χ1v) is 12.1. The number of rotatable bonds is 5. The molecule has 4 aromatic rings. The van der Waals surface area contributed by atoms with Crippen molar-refractivity contribution in [3.05, 3.63) is 66.2 Å². The Labute approximate surface area is 192 Å². The van der Waals surface area contributed by atoms with Gasteiger partial charge in [-0.25, -0.2) is 8.42 Å². The highest BCUT2D eigenvalue weighted by molar-refractivity contribution is 7.86. The summed E-state index contributed by atoms with van der Waals surface area (Å²) in [5.41, 5.74) is -1.49. The monoisotopic (exact) mass is 499 g/mol. The third-order valence-corrected chi connectivity index (χ3v) is 6.62. The molecule has 0 saturated heterocycles. The van der Waals surface area contributed by atoms with Crippen molar-refractivity contribution in [1.29, 1.82) is 0 Å². The average Bonchev–Trinajstić information content (AvgIpc) is 2.75. The fourth-order valence-corrected chi connectivity index (χ4v) is 4.49. The van der Waals surface area contributed by atoms with Gasteiger partial charge in [0.1, 0.15) is 20.7 Å². The highest BCUT2D eigenvalue weighted by Crippen LogP contribution is 2.39. The molecular weight excluding hydrogens is 488 g/mol. The molecule has 34 heavy (non-hydrogen) atoms. The molecule has 13 heteroatoms. The van der Waals surface area contributed by atoms with Crippen LogP contribution in [-0.2, 0) is 20.2 Å². The van der Waals surface area contributed by atoms with E-state index in [-0.39, 0.29) is 16.2 Å². The zero-order chi connectivity index (χ0) is 24.8. The molecular formula is C21H11N2O9S2-3. The topological polar surface area (TPSA) is 199 Å². The second-order valence-electron chi connectivity index (χ2n) is 7.07. The van der Waals surface area contributed by atoms with Gasteiger partial charge in [-0.1, -0.05) is 36.1 Å². The number of nitrogens with zero attached hydrogens (tertiary/aromatic N) is 2. The third-order valence-electron chi connectivity index (χ3n) is 4.91. The Morgan fingerprint density at radius 2 is 1.56 bits per heavy atom. The predicted octanol–water partition coefficient (Wildman–Crippen LogP) is 2.00. The van der Waals surface area contributed by atoms with E-state index in [0.717, 1.165) is 30.3 Å². The minimum Gasteiger partial charge on any atom is -0.871 e. The Morgan fingerprint density at radius 3 is 2.21 bits per heavy atom. The number of fused-ring (bicyclic) bond motifs is 2. The lowest BCUT2D eigenvalue weighted by atomic mass is 10.0. The largest absolute Gasteiger partial charge is 0.871 e. The van der Waals surface area contributed by atoms with E-state index in [1.807, 2.05) is 0 Å². The van der Waals surface area contributed by atoms with Crippen LogP contribution in [0, 0.1) is 0 Å². The fraction of sp³-hybridized carbons (Fsp3) is 0. The van der Waals surface area contributed by atoms with Crippen LogP contribution in [0.3, 0.4) is 0 Å². The molecule has 4 rings (SSSR count). The Kier molecular flexibility index (Phi) is 5.57. The summed E-state index contributed by atoms with van der Waals surface area (Å²) in [6.07, 6.45) is 0. The third kappa shape index (κ3) is 4.32. The lowest BCUT2D eigenvalue weighted by Crippen LogP contribution is -2.23. The zero-order valence-corrected chi connectivity index (χ0v) is 18.3. The van der Waals surface area contributed by atoms with Gasteiger partial charge in [-0.05, 0) is 52.1 Å². The summed E-state index contributed by atoms with van der Waals surface area (Å²) in [4.78, 5) is 9.97. The molecule has 0 heterocycles. The number of hydrogen-bond donors (Lipinski definition) is 1. The Balaban J connectivity index is 1.96. The Morgan fingerprint density at radius 1 is 0.853 bits per heavy atom. The Hall–Kier alpha value is -3.91. The molecule has 0 aliphatic rings. The number of azo groups is 1. The molecule has 174 valence electrons. The van der Waals surface area contributed by atoms with Crippen molar-refractivity contribution in [2.24, 2.45) is 10.2 Å². The summed E-state index contributed by atoms with van der Waals surface area (Å²) >= 11 is 0. The molecule has 0 aliphatic heterocycles. The van der Waals surface area contributed by atoms with Crippen molar-refractivity contribution in [1.82, 2.24) is 0 Å². The molecule has 0 atom stereocenters. The number of aromatic carboxylic acids is 1. The van der Waals surface area contributed by atoms with Crippen LogP contribution < -0.4 is 10.2 Å². The van der Waals surface area contributed by atoms with Gasteiger partial charge in [0.15, 0.2) is 0 Å². The Bertz CT molecular complexity index is 1750. The number of hydrogen-bond acceptors (Lipinski definition) is 10. The van der Waals surface area contributed by atoms with Crippen molar-refractivity contribution >= 4 is 59.1 Å². The minimum absolute atomic E-state index is 0.00240. The first-order valence-electron chi connectivity index (χ1n) is 9.23. The van der Waals surface area contributed by atoms with E-state index in [9.17, 15) is 40.9 Å². The normalized spacial score (nSPS) is 12.5. The minimum atomic E-state index is -4.92. The maximum absolute atomic E-state index is 12.6. The second kappa shape index (κ2) is 8.14. The molecule has 4 aromatic carbocycles. The number of benzene rings is 4. The highest BCUT2D eigenvalue weighted by atomic mass is 32.2.